The topological polar surface area (TPSA) is 151 Å². The van der Waals surface area contributed by atoms with Crippen molar-refractivity contribution in [1.29, 1.82) is 0 Å². The van der Waals surface area contributed by atoms with Crippen molar-refractivity contribution in [3.63, 3.8) is 0 Å². The van der Waals surface area contributed by atoms with E-state index in [0.717, 1.165) is 17.6 Å². The van der Waals surface area contributed by atoms with Crippen LogP contribution in [0, 0.1) is 0 Å². The Hall–Kier alpha value is -2.72. The van der Waals surface area contributed by atoms with E-state index < -0.39 is 27.9 Å². The summed E-state index contributed by atoms with van der Waals surface area (Å²) < 4.78 is 29.6. The second-order valence-electron chi connectivity index (χ2n) is 9.92. The number of carbonyl (C=O) groups is 3. The van der Waals surface area contributed by atoms with Gasteiger partial charge in [0.15, 0.2) is 5.16 Å². The zero-order valence-electron chi connectivity index (χ0n) is 22.0. The van der Waals surface area contributed by atoms with Gasteiger partial charge in [-0.15, -0.1) is 11.3 Å². The molecule has 220 valence electrons. The van der Waals surface area contributed by atoms with Crippen LogP contribution >= 0.6 is 34.7 Å². The molecule has 0 spiro atoms. The van der Waals surface area contributed by atoms with Crippen LogP contribution in [0.2, 0.25) is 4.34 Å². The molecular weight excluding hydrogens is 612 g/mol. The highest BCUT2D eigenvalue weighted by Gasteiger charge is 2.35. The van der Waals surface area contributed by atoms with Crippen LogP contribution in [-0.4, -0.2) is 89.5 Å². The van der Waals surface area contributed by atoms with Gasteiger partial charge in [-0.05, 0) is 43.9 Å². The van der Waals surface area contributed by atoms with Gasteiger partial charge in [-0.1, -0.05) is 23.4 Å². The lowest BCUT2D eigenvalue weighted by atomic mass is 10.1. The fourth-order valence-corrected chi connectivity index (χ4v) is 8.11. The Labute approximate surface area is 250 Å². The van der Waals surface area contributed by atoms with E-state index in [1.165, 1.54) is 44.8 Å². The Balaban J connectivity index is 1.15. The molecule has 0 unspecified atom stereocenters. The van der Waals surface area contributed by atoms with Crippen molar-refractivity contribution in [2.24, 2.45) is 0 Å². The number of aromatic nitrogens is 2. The first-order valence-electron chi connectivity index (χ1n) is 13.2. The normalized spacial score (nSPS) is 21.0. The SMILES string of the molecule is O=C(NC[C@@H]1CCCN1C(=O)CN1CCC[C@H](NS(=O)(=O)C=Cc2ccc(Cl)s2)C1=O)c1cnc2n(c1=O)CCS2. The number of sulfonamides is 1. The molecule has 5 rings (SSSR count). The van der Waals surface area contributed by atoms with Crippen molar-refractivity contribution < 1.29 is 22.8 Å². The number of carbonyl (C=O) groups excluding carboxylic acids is 3. The highest BCUT2D eigenvalue weighted by molar-refractivity contribution is 7.99. The average molecular weight is 641 g/mol. The number of piperidine rings is 1. The molecule has 5 heterocycles. The number of thiophene rings is 1. The lowest BCUT2D eigenvalue weighted by molar-refractivity contribution is -0.143. The molecule has 3 aliphatic heterocycles. The van der Waals surface area contributed by atoms with E-state index in [4.69, 9.17) is 11.6 Å². The maximum Gasteiger partial charge on any atom is 0.267 e. The average Bonchev–Trinajstić information content (AvgIpc) is 3.70. The molecular formula is C25H29ClN6O6S3. The quantitative estimate of drug-likeness (QED) is 0.390. The number of hydrogen-bond acceptors (Lipinski definition) is 9. The van der Waals surface area contributed by atoms with E-state index in [-0.39, 0.29) is 36.2 Å². The first-order chi connectivity index (χ1) is 19.6. The van der Waals surface area contributed by atoms with Gasteiger partial charge in [0, 0.05) is 54.5 Å². The summed E-state index contributed by atoms with van der Waals surface area (Å²) >= 11 is 8.58. The van der Waals surface area contributed by atoms with E-state index >= 15 is 0 Å². The van der Waals surface area contributed by atoms with Gasteiger partial charge in [0.1, 0.15) is 11.6 Å². The summed E-state index contributed by atoms with van der Waals surface area (Å²) in [7, 11) is -3.90. The largest absolute Gasteiger partial charge is 0.350 e. The fraction of sp³-hybridized carbons (Fsp3) is 0.480. The lowest BCUT2D eigenvalue weighted by Crippen LogP contribution is -2.55. The third-order valence-corrected chi connectivity index (χ3v) is 10.4. The van der Waals surface area contributed by atoms with Crippen LogP contribution in [0.1, 0.15) is 40.9 Å². The molecule has 2 atom stereocenters. The Morgan fingerprint density at radius 1 is 1.15 bits per heavy atom. The van der Waals surface area contributed by atoms with Crippen LogP contribution < -0.4 is 15.6 Å². The highest BCUT2D eigenvalue weighted by atomic mass is 35.5. The Bertz CT molecular complexity index is 1540. The predicted molar refractivity (Wildman–Crippen MR) is 156 cm³/mol. The highest BCUT2D eigenvalue weighted by Crippen LogP contribution is 2.23. The fourth-order valence-electron chi connectivity index (χ4n) is 5.13. The minimum atomic E-state index is -3.90. The second-order valence-corrected chi connectivity index (χ2v) is 14.3. The maximum atomic E-state index is 13.2. The molecule has 0 aliphatic carbocycles. The minimum Gasteiger partial charge on any atom is -0.350 e. The number of thioether (sulfide) groups is 1. The molecule has 16 heteroatoms. The van der Waals surface area contributed by atoms with Crippen molar-refractivity contribution in [3.05, 3.63) is 48.9 Å². The molecule has 2 saturated heterocycles. The third-order valence-electron chi connectivity index (χ3n) is 7.17. The van der Waals surface area contributed by atoms with Gasteiger partial charge in [-0.2, -0.15) is 4.72 Å². The number of amides is 3. The van der Waals surface area contributed by atoms with Gasteiger partial charge in [0.2, 0.25) is 21.8 Å². The molecule has 3 amide bonds. The summed E-state index contributed by atoms with van der Waals surface area (Å²) in [5.41, 5.74) is -0.411. The Morgan fingerprint density at radius 3 is 2.73 bits per heavy atom. The molecule has 2 fully saturated rings. The molecule has 0 saturated carbocycles. The van der Waals surface area contributed by atoms with E-state index in [2.05, 4.69) is 15.0 Å². The maximum absolute atomic E-state index is 13.2. The number of nitrogens with one attached hydrogen (secondary N) is 2. The minimum absolute atomic E-state index is 0.0337. The van der Waals surface area contributed by atoms with Gasteiger partial charge in [-0.3, -0.25) is 23.7 Å². The Morgan fingerprint density at radius 2 is 1.95 bits per heavy atom. The van der Waals surface area contributed by atoms with Gasteiger partial charge in [0.25, 0.3) is 11.5 Å². The zero-order chi connectivity index (χ0) is 29.1. The molecule has 2 aromatic heterocycles. The molecule has 41 heavy (non-hydrogen) atoms. The van der Waals surface area contributed by atoms with E-state index in [1.54, 1.807) is 17.0 Å². The van der Waals surface area contributed by atoms with E-state index in [0.29, 0.717) is 53.3 Å². The molecule has 0 aromatic carbocycles. The third kappa shape index (κ3) is 7.02. The summed E-state index contributed by atoms with van der Waals surface area (Å²) in [4.78, 5) is 59.6. The standard InChI is InChI=1S/C25H29ClN6O6S3/c26-20-6-5-17(40-20)7-12-41(37,38)29-19-4-2-8-30(24(19)36)15-21(33)31-9-1-3-16(31)13-27-22(34)18-14-28-25-32(23(18)35)10-11-39-25/h5-7,12,14,16,19,29H,1-4,8-11,13,15H2,(H,27,34)/t16-,19-/m0/s1. The van der Waals surface area contributed by atoms with Crippen molar-refractivity contribution in [3.8, 4) is 0 Å². The van der Waals surface area contributed by atoms with Crippen molar-refractivity contribution in [2.75, 3.05) is 31.9 Å². The van der Waals surface area contributed by atoms with Gasteiger partial charge in [0.05, 0.1) is 10.9 Å². The number of hydrogen-bond donors (Lipinski definition) is 2. The van der Waals surface area contributed by atoms with Crippen LogP contribution in [0.3, 0.4) is 0 Å². The zero-order valence-corrected chi connectivity index (χ0v) is 25.2. The molecule has 0 radical (unpaired) electrons. The van der Waals surface area contributed by atoms with Gasteiger partial charge < -0.3 is 15.1 Å². The Kier molecular flexibility index (Phi) is 9.18. The number of likely N-dealkylation sites (tertiary alicyclic amines) is 2. The summed E-state index contributed by atoms with van der Waals surface area (Å²) in [6.07, 6.45) is 4.98. The number of nitrogens with zero attached hydrogens (tertiary/aromatic N) is 4. The van der Waals surface area contributed by atoms with Crippen molar-refractivity contribution in [1.82, 2.24) is 29.4 Å². The lowest BCUT2D eigenvalue weighted by Gasteiger charge is -2.34. The van der Waals surface area contributed by atoms with Crippen molar-refractivity contribution in [2.45, 2.75) is 49.5 Å². The van der Waals surface area contributed by atoms with Crippen LogP contribution in [-0.2, 0) is 26.2 Å². The molecule has 2 aromatic rings. The summed E-state index contributed by atoms with van der Waals surface area (Å²) in [6, 6.07) is 2.11. The first-order valence-corrected chi connectivity index (χ1v) is 16.9. The molecule has 3 aliphatic rings. The number of halogens is 1. The van der Waals surface area contributed by atoms with Crippen LogP contribution in [0.15, 0.2) is 33.7 Å². The van der Waals surface area contributed by atoms with E-state index in [9.17, 15) is 27.6 Å². The predicted octanol–water partition coefficient (Wildman–Crippen LogP) is 1.37. The molecule has 12 nitrogen and oxygen atoms in total. The van der Waals surface area contributed by atoms with E-state index in [1.807, 2.05) is 0 Å². The summed E-state index contributed by atoms with van der Waals surface area (Å²) in [6.45, 7) is 1.32. The van der Waals surface area contributed by atoms with Gasteiger partial charge in [-0.25, -0.2) is 13.4 Å². The smallest absolute Gasteiger partial charge is 0.267 e. The van der Waals surface area contributed by atoms with Gasteiger partial charge >= 0.3 is 0 Å². The van der Waals surface area contributed by atoms with Crippen LogP contribution in [0.25, 0.3) is 6.08 Å². The number of rotatable bonds is 9. The monoisotopic (exact) mass is 640 g/mol. The van der Waals surface area contributed by atoms with Crippen LogP contribution in [0.5, 0.6) is 0 Å². The summed E-state index contributed by atoms with van der Waals surface area (Å²) in [5, 5.41) is 4.37. The van der Waals surface area contributed by atoms with Crippen molar-refractivity contribution >= 4 is 68.5 Å². The second kappa shape index (κ2) is 12.7. The number of fused-ring (bicyclic) bond motifs is 1. The first kappa shape index (κ1) is 29.8. The van der Waals surface area contributed by atoms with Crippen LogP contribution in [0.4, 0.5) is 0 Å². The summed E-state index contributed by atoms with van der Waals surface area (Å²) in [5.74, 6) is -0.524. The molecule has 2 N–H and O–H groups in total. The molecule has 0 bridgehead atoms.